The second-order valence-electron chi connectivity index (χ2n) is 6.39. The third-order valence-corrected chi connectivity index (χ3v) is 5.36. The highest BCUT2D eigenvalue weighted by Crippen LogP contribution is 2.34. The maximum absolute atomic E-state index is 11.2. The van der Waals surface area contributed by atoms with Crippen molar-refractivity contribution in [2.24, 2.45) is 5.92 Å². The van der Waals surface area contributed by atoms with E-state index in [0.717, 1.165) is 24.9 Å². The molecule has 0 spiro atoms. The van der Waals surface area contributed by atoms with Crippen LogP contribution in [-0.2, 0) is 4.79 Å². The maximum Gasteiger partial charge on any atom is 0.209 e. The Bertz CT molecular complexity index is 294. The van der Waals surface area contributed by atoms with E-state index in [1.54, 1.807) is 0 Å². The summed E-state index contributed by atoms with van der Waals surface area (Å²) in [5.74, 6) is 0.741. The van der Waals surface area contributed by atoms with E-state index in [9.17, 15) is 4.79 Å². The topological polar surface area (TPSA) is 23.6 Å². The molecule has 3 rings (SSSR count). The number of carbonyl (C=O) groups excluding carboxylic acids is 1. The van der Waals surface area contributed by atoms with Gasteiger partial charge in [-0.1, -0.05) is 6.42 Å². The average molecular weight is 250 g/mol. The number of rotatable bonds is 2. The Balaban J connectivity index is 1.63. The minimum Gasteiger partial charge on any atom is -0.342 e. The molecule has 1 amide bonds. The SMILES string of the molecule is O=CN1CCCCC1[C@@H]1CC[C@@H]2CCCCN2C1. The van der Waals surface area contributed by atoms with Gasteiger partial charge in [-0.2, -0.15) is 0 Å². The van der Waals surface area contributed by atoms with Crippen LogP contribution in [0, 0.1) is 5.92 Å². The molecule has 3 fully saturated rings. The molecule has 3 atom stereocenters. The number of hydrogen-bond acceptors (Lipinski definition) is 2. The van der Waals surface area contributed by atoms with Crippen LogP contribution in [0.25, 0.3) is 0 Å². The molecular weight excluding hydrogens is 224 g/mol. The summed E-state index contributed by atoms with van der Waals surface area (Å²) in [4.78, 5) is 16.0. The van der Waals surface area contributed by atoms with Crippen molar-refractivity contribution in [1.82, 2.24) is 9.80 Å². The van der Waals surface area contributed by atoms with Crippen molar-refractivity contribution in [2.45, 2.75) is 63.5 Å². The summed E-state index contributed by atoms with van der Waals surface area (Å²) >= 11 is 0. The summed E-state index contributed by atoms with van der Waals surface area (Å²) in [6, 6.07) is 1.40. The molecule has 0 N–H and O–H groups in total. The third-order valence-electron chi connectivity index (χ3n) is 5.36. The zero-order valence-corrected chi connectivity index (χ0v) is 11.4. The van der Waals surface area contributed by atoms with E-state index >= 15 is 0 Å². The number of hydrogen-bond donors (Lipinski definition) is 0. The van der Waals surface area contributed by atoms with Gasteiger partial charge < -0.3 is 9.80 Å². The average Bonchev–Trinajstić information content (AvgIpc) is 2.46. The Labute approximate surface area is 111 Å². The minimum atomic E-state index is 0.541. The first-order chi connectivity index (χ1) is 8.88. The van der Waals surface area contributed by atoms with Gasteiger partial charge in [0.25, 0.3) is 0 Å². The Morgan fingerprint density at radius 3 is 2.61 bits per heavy atom. The molecule has 102 valence electrons. The van der Waals surface area contributed by atoms with Gasteiger partial charge in [0.2, 0.25) is 6.41 Å². The van der Waals surface area contributed by atoms with Crippen molar-refractivity contribution < 1.29 is 4.79 Å². The Kier molecular flexibility index (Phi) is 3.88. The highest BCUT2D eigenvalue weighted by atomic mass is 16.1. The Hall–Kier alpha value is -0.570. The fourth-order valence-corrected chi connectivity index (χ4v) is 4.36. The predicted octanol–water partition coefficient (Wildman–Crippen LogP) is 2.26. The lowest BCUT2D eigenvalue weighted by molar-refractivity contribution is -0.123. The van der Waals surface area contributed by atoms with E-state index in [1.165, 1.54) is 64.5 Å². The highest BCUT2D eigenvalue weighted by molar-refractivity contribution is 5.48. The Morgan fingerprint density at radius 2 is 1.72 bits per heavy atom. The minimum absolute atomic E-state index is 0.541. The van der Waals surface area contributed by atoms with Gasteiger partial charge in [0, 0.05) is 25.2 Å². The summed E-state index contributed by atoms with van der Waals surface area (Å²) in [6.07, 6.45) is 11.8. The summed E-state index contributed by atoms with van der Waals surface area (Å²) in [7, 11) is 0. The standard InChI is InChI=1S/C15H26N2O/c18-12-17-10-4-2-6-15(17)13-7-8-14-5-1-3-9-16(14)11-13/h12-15H,1-11H2/t13-,14+,15?/m1/s1. The number of likely N-dealkylation sites (tertiary alicyclic amines) is 1. The van der Waals surface area contributed by atoms with E-state index in [1.807, 2.05) is 0 Å². The second-order valence-corrected chi connectivity index (χ2v) is 6.39. The summed E-state index contributed by atoms with van der Waals surface area (Å²) < 4.78 is 0. The number of nitrogens with zero attached hydrogens (tertiary/aromatic N) is 2. The van der Waals surface area contributed by atoms with Gasteiger partial charge in [-0.05, 0) is 57.4 Å². The molecule has 0 bridgehead atoms. The van der Waals surface area contributed by atoms with E-state index in [4.69, 9.17) is 0 Å². The van der Waals surface area contributed by atoms with E-state index < -0.39 is 0 Å². The number of amides is 1. The van der Waals surface area contributed by atoms with Crippen molar-refractivity contribution in [3.63, 3.8) is 0 Å². The molecule has 0 radical (unpaired) electrons. The normalized spacial score (nSPS) is 38.2. The molecule has 3 heteroatoms. The second kappa shape index (κ2) is 5.60. The van der Waals surface area contributed by atoms with Crippen molar-refractivity contribution in [3.05, 3.63) is 0 Å². The molecule has 3 aliphatic rings. The lowest BCUT2D eigenvalue weighted by Gasteiger charge is -2.47. The van der Waals surface area contributed by atoms with E-state index in [0.29, 0.717) is 6.04 Å². The first-order valence-corrected chi connectivity index (χ1v) is 7.83. The number of fused-ring (bicyclic) bond motifs is 1. The molecule has 0 aromatic heterocycles. The zero-order chi connectivity index (χ0) is 12.4. The summed E-state index contributed by atoms with van der Waals surface area (Å²) in [5.41, 5.74) is 0. The largest absolute Gasteiger partial charge is 0.342 e. The smallest absolute Gasteiger partial charge is 0.209 e. The Morgan fingerprint density at radius 1 is 0.889 bits per heavy atom. The highest BCUT2D eigenvalue weighted by Gasteiger charge is 2.36. The fourth-order valence-electron chi connectivity index (χ4n) is 4.36. The van der Waals surface area contributed by atoms with Gasteiger partial charge >= 0.3 is 0 Å². The molecule has 3 aliphatic heterocycles. The van der Waals surface area contributed by atoms with Crippen molar-refractivity contribution >= 4 is 6.41 Å². The molecule has 0 aliphatic carbocycles. The van der Waals surface area contributed by atoms with Crippen LogP contribution in [-0.4, -0.2) is 47.9 Å². The quantitative estimate of drug-likeness (QED) is 0.702. The van der Waals surface area contributed by atoms with Crippen LogP contribution in [0.2, 0.25) is 0 Å². The van der Waals surface area contributed by atoms with Gasteiger partial charge in [-0.15, -0.1) is 0 Å². The number of piperidine rings is 3. The maximum atomic E-state index is 11.2. The van der Waals surface area contributed by atoms with Gasteiger partial charge in [0.1, 0.15) is 0 Å². The van der Waals surface area contributed by atoms with Gasteiger partial charge in [-0.25, -0.2) is 0 Å². The van der Waals surface area contributed by atoms with E-state index in [-0.39, 0.29) is 0 Å². The summed E-state index contributed by atoms with van der Waals surface area (Å²) in [6.45, 7) is 3.54. The lowest BCUT2D eigenvalue weighted by atomic mass is 9.81. The molecule has 0 saturated carbocycles. The zero-order valence-electron chi connectivity index (χ0n) is 11.4. The fraction of sp³-hybridized carbons (Fsp3) is 0.933. The van der Waals surface area contributed by atoms with Crippen LogP contribution in [0.3, 0.4) is 0 Å². The molecular formula is C15H26N2O. The van der Waals surface area contributed by atoms with Crippen LogP contribution in [0.15, 0.2) is 0 Å². The third kappa shape index (κ3) is 2.42. The molecule has 0 aromatic carbocycles. The van der Waals surface area contributed by atoms with Gasteiger partial charge in [-0.3, -0.25) is 4.79 Å². The van der Waals surface area contributed by atoms with Crippen molar-refractivity contribution in [1.29, 1.82) is 0 Å². The molecule has 1 unspecified atom stereocenters. The number of carbonyl (C=O) groups is 1. The lowest BCUT2D eigenvalue weighted by Crippen LogP contribution is -2.53. The summed E-state index contributed by atoms with van der Waals surface area (Å²) in [5, 5.41) is 0. The van der Waals surface area contributed by atoms with Crippen LogP contribution >= 0.6 is 0 Å². The molecule has 3 saturated heterocycles. The molecule has 0 aromatic rings. The predicted molar refractivity (Wildman–Crippen MR) is 72.3 cm³/mol. The first-order valence-electron chi connectivity index (χ1n) is 7.83. The van der Waals surface area contributed by atoms with Gasteiger partial charge in [0.15, 0.2) is 0 Å². The van der Waals surface area contributed by atoms with E-state index in [2.05, 4.69) is 9.80 Å². The molecule has 18 heavy (non-hydrogen) atoms. The monoisotopic (exact) mass is 250 g/mol. The van der Waals surface area contributed by atoms with Gasteiger partial charge in [0.05, 0.1) is 0 Å². The van der Waals surface area contributed by atoms with Crippen LogP contribution < -0.4 is 0 Å². The van der Waals surface area contributed by atoms with Crippen LogP contribution in [0.4, 0.5) is 0 Å². The van der Waals surface area contributed by atoms with Crippen molar-refractivity contribution in [2.75, 3.05) is 19.6 Å². The van der Waals surface area contributed by atoms with Crippen LogP contribution in [0.1, 0.15) is 51.4 Å². The van der Waals surface area contributed by atoms with Crippen LogP contribution in [0.5, 0.6) is 0 Å². The van der Waals surface area contributed by atoms with Crippen molar-refractivity contribution in [3.8, 4) is 0 Å². The molecule has 3 nitrogen and oxygen atoms in total. The first kappa shape index (κ1) is 12.5. The molecule has 3 heterocycles.